The normalized spacial score (nSPS) is 9.81. The molecule has 0 spiro atoms. The molecule has 0 amide bonds. The number of benzene rings is 3. The molecule has 6 heteroatoms. The summed E-state index contributed by atoms with van der Waals surface area (Å²) in [5, 5.41) is 2.88. The fourth-order valence-corrected chi connectivity index (χ4v) is 3.53. The van der Waals surface area contributed by atoms with E-state index < -0.39 is 29.1 Å². The molecule has 0 aromatic heterocycles. The van der Waals surface area contributed by atoms with Crippen molar-refractivity contribution in [3.05, 3.63) is 95.8 Å². The zero-order valence-electron chi connectivity index (χ0n) is 15.2. The van der Waals surface area contributed by atoms with Crippen LogP contribution >= 0.6 is 7.92 Å². The lowest BCUT2D eigenvalue weighted by Crippen LogP contribution is -2.09. The van der Waals surface area contributed by atoms with Crippen molar-refractivity contribution in [3.63, 3.8) is 0 Å². The molecular formula is C21H20F5P. The lowest BCUT2D eigenvalue weighted by Gasteiger charge is -2.12. The predicted octanol–water partition coefficient (Wildman–Crippen LogP) is 6.16. The maximum atomic E-state index is 12.0. The lowest BCUT2D eigenvalue weighted by atomic mass is 10.3. The summed E-state index contributed by atoms with van der Waals surface area (Å²) < 4.78 is 60.0. The molecule has 0 aliphatic carbocycles. The van der Waals surface area contributed by atoms with Gasteiger partial charge in [-0.25, -0.2) is 22.0 Å². The van der Waals surface area contributed by atoms with Crippen molar-refractivity contribution in [1.29, 1.82) is 0 Å². The number of halogens is 5. The molecule has 0 nitrogen and oxygen atoms in total. The summed E-state index contributed by atoms with van der Waals surface area (Å²) >= 11 is 0. The van der Waals surface area contributed by atoms with Gasteiger partial charge in [0.05, 0.1) is 0 Å². The summed E-state index contributed by atoms with van der Waals surface area (Å²) in [5.41, 5.74) is 0. The van der Waals surface area contributed by atoms with Crippen LogP contribution in [0.15, 0.2) is 66.7 Å². The van der Waals surface area contributed by atoms with Gasteiger partial charge in [0.15, 0.2) is 23.3 Å². The van der Waals surface area contributed by atoms with Crippen LogP contribution < -0.4 is 10.6 Å². The van der Waals surface area contributed by atoms with Gasteiger partial charge in [0.25, 0.3) is 0 Å². The van der Waals surface area contributed by atoms with Crippen molar-refractivity contribution < 1.29 is 22.0 Å². The molecule has 0 atom stereocenters. The van der Waals surface area contributed by atoms with E-state index in [0.717, 1.165) is 0 Å². The van der Waals surface area contributed by atoms with Gasteiger partial charge >= 0.3 is 0 Å². The Morgan fingerprint density at radius 1 is 0.556 bits per heavy atom. The Hall–Kier alpha value is -2.26. The van der Waals surface area contributed by atoms with Gasteiger partial charge < -0.3 is 0 Å². The second kappa shape index (κ2) is 11.5. The molecule has 0 aliphatic heterocycles. The van der Waals surface area contributed by atoms with Crippen molar-refractivity contribution in [1.82, 2.24) is 0 Å². The lowest BCUT2D eigenvalue weighted by molar-refractivity contribution is 0.378. The van der Waals surface area contributed by atoms with Crippen molar-refractivity contribution in [2.45, 2.75) is 13.8 Å². The number of hydrogen-bond acceptors (Lipinski definition) is 0. The molecule has 0 heterocycles. The van der Waals surface area contributed by atoms with E-state index in [9.17, 15) is 22.0 Å². The van der Waals surface area contributed by atoms with E-state index in [1.807, 2.05) is 13.8 Å². The summed E-state index contributed by atoms with van der Waals surface area (Å²) in [4.78, 5) is 0. The third-order valence-corrected chi connectivity index (χ3v) is 5.49. The second-order valence-electron chi connectivity index (χ2n) is 5.01. The first-order chi connectivity index (χ1) is 12.9. The van der Waals surface area contributed by atoms with Gasteiger partial charge in [-0.05, 0) is 25.2 Å². The predicted molar refractivity (Wildman–Crippen MR) is 103 cm³/mol. The molecule has 0 unspecified atom stereocenters. The Kier molecular flexibility index (Phi) is 9.66. The molecule has 0 fully saturated rings. The maximum absolute atomic E-state index is 12.0. The molecule has 3 aromatic carbocycles. The van der Waals surface area contributed by atoms with E-state index >= 15 is 0 Å². The molecule has 0 bridgehead atoms. The standard InChI is InChI=1S/C13H13P.C6HF5.C2H6/c1-14(12-8-4-2-5-9-12)13-10-6-3-7-11-13;7-2-1-3(8)5(10)6(11)4(2)9;1-2/h2-11H,1H3;1H;1-2H3. The Morgan fingerprint density at radius 2 is 0.889 bits per heavy atom. The van der Waals surface area contributed by atoms with Crippen LogP contribution in [0, 0.1) is 29.1 Å². The van der Waals surface area contributed by atoms with Crippen molar-refractivity contribution in [2.24, 2.45) is 0 Å². The van der Waals surface area contributed by atoms with E-state index in [-0.39, 0.29) is 14.0 Å². The van der Waals surface area contributed by atoms with Crippen LogP contribution in [0.4, 0.5) is 22.0 Å². The zero-order valence-corrected chi connectivity index (χ0v) is 16.1. The first-order valence-corrected chi connectivity index (χ1v) is 10.0. The van der Waals surface area contributed by atoms with Crippen LogP contribution in [0.3, 0.4) is 0 Å². The summed E-state index contributed by atoms with van der Waals surface area (Å²) in [6.07, 6.45) is 0. The molecule has 27 heavy (non-hydrogen) atoms. The molecule has 0 saturated carbocycles. The van der Waals surface area contributed by atoms with Crippen LogP contribution in [-0.2, 0) is 0 Å². The Balaban J connectivity index is 0.000000254. The van der Waals surface area contributed by atoms with Crippen molar-refractivity contribution in [3.8, 4) is 0 Å². The molecular weight excluding hydrogens is 378 g/mol. The highest BCUT2D eigenvalue weighted by Crippen LogP contribution is 2.27. The van der Waals surface area contributed by atoms with Gasteiger partial charge in [-0.3, -0.25) is 0 Å². The third kappa shape index (κ3) is 6.44. The summed E-state index contributed by atoms with van der Waals surface area (Å²) in [6.45, 7) is 6.31. The largest absolute Gasteiger partial charge is 0.204 e. The number of hydrogen-bond donors (Lipinski definition) is 0. The van der Waals surface area contributed by atoms with Gasteiger partial charge in [-0.1, -0.05) is 74.5 Å². The molecule has 0 saturated heterocycles. The van der Waals surface area contributed by atoms with Crippen LogP contribution in [-0.4, -0.2) is 6.66 Å². The molecule has 0 aliphatic rings. The minimum Gasteiger partial charge on any atom is -0.204 e. The monoisotopic (exact) mass is 398 g/mol. The van der Waals surface area contributed by atoms with Crippen LogP contribution in [0.5, 0.6) is 0 Å². The highest BCUT2D eigenvalue weighted by molar-refractivity contribution is 7.72. The average Bonchev–Trinajstić information content (AvgIpc) is 2.73. The van der Waals surface area contributed by atoms with Gasteiger partial charge in [-0.2, -0.15) is 0 Å². The molecule has 3 rings (SSSR count). The average molecular weight is 398 g/mol. The summed E-state index contributed by atoms with van der Waals surface area (Å²) in [6, 6.07) is 21.3. The van der Waals surface area contributed by atoms with Crippen molar-refractivity contribution in [2.75, 3.05) is 6.66 Å². The summed E-state index contributed by atoms with van der Waals surface area (Å²) in [5.74, 6) is -9.65. The fraction of sp³-hybridized carbons (Fsp3) is 0.143. The first kappa shape index (κ1) is 22.8. The van der Waals surface area contributed by atoms with E-state index in [2.05, 4.69) is 67.3 Å². The Labute approximate surface area is 157 Å². The third-order valence-electron chi connectivity index (χ3n) is 3.35. The zero-order chi connectivity index (χ0) is 20.4. The minimum absolute atomic E-state index is 0.0618. The SMILES string of the molecule is CC.CP(c1ccccc1)c1ccccc1.Fc1cc(F)c(F)c(F)c1F. The first-order valence-electron chi connectivity index (χ1n) is 8.24. The van der Waals surface area contributed by atoms with Gasteiger partial charge in [-0.15, -0.1) is 0 Å². The van der Waals surface area contributed by atoms with Crippen LogP contribution in [0.25, 0.3) is 0 Å². The molecule has 0 radical (unpaired) electrons. The van der Waals surface area contributed by atoms with Gasteiger partial charge in [0.2, 0.25) is 5.82 Å². The molecule has 144 valence electrons. The quantitative estimate of drug-likeness (QED) is 0.210. The van der Waals surface area contributed by atoms with Gasteiger partial charge in [0.1, 0.15) is 0 Å². The topological polar surface area (TPSA) is 0 Å². The van der Waals surface area contributed by atoms with Gasteiger partial charge in [0, 0.05) is 6.07 Å². The highest BCUT2D eigenvalue weighted by atomic mass is 31.1. The smallest absolute Gasteiger partial charge is 0.200 e. The Bertz CT molecular complexity index is 757. The van der Waals surface area contributed by atoms with E-state index in [1.165, 1.54) is 10.6 Å². The second-order valence-corrected chi connectivity index (χ2v) is 7.16. The van der Waals surface area contributed by atoms with E-state index in [1.54, 1.807) is 0 Å². The minimum atomic E-state index is -2.14. The van der Waals surface area contributed by atoms with E-state index in [0.29, 0.717) is 0 Å². The van der Waals surface area contributed by atoms with Crippen LogP contribution in [0.1, 0.15) is 13.8 Å². The van der Waals surface area contributed by atoms with E-state index in [4.69, 9.17) is 0 Å². The van der Waals surface area contributed by atoms with Crippen molar-refractivity contribution >= 4 is 18.5 Å². The highest BCUT2D eigenvalue weighted by Gasteiger charge is 2.18. The Morgan fingerprint density at radius 3 is 1.22 bits per heavy atom. The summed E-state index contributed by atoms with van der Waals surface area (Å²) in [7, 11) is -0.171. The number of rotatable bonds is 2. The van der Waals surface area contributed by atoms with Crippen LogP contribution in [0.2, 0.25) is 0 Å². The molecule has 3 aromatic rings. The maximum Gasteiger partial charge on any atom is 0.200 e. The fourth-order valence-electron chi connectivity index (χ4n) is 2.00. The molecule has 0 N–H and O–H groups in total.